The number of halogens is 1. The Morgan fingerprint density at radius 3 is 2.88 bits per heavy atom. The monoisotopic (exact) mass is 364 g/mol. The van der Waals surface area contributed by atoms with Crippen molar-refractivity contribution in [1.29, 1.82) is 0 Å². The second-order valence-corrected chi connectivity index (χ2v) is 7.64. The summed E-state index contributed by atoms with van der Waals surface area (Å²) in [7, 11) is 0. The highest BCUT2D eigenvalue weighted by molar-refractivity contribution is 5.75. The number of carbonyl (C=O) groups is 1. The zero-order chi connectivity index (χ0) is 18.0. The lowest BCUT2D eigenvalue weighted by molar-refractivity contribution is 0.0778. The van der Waals surface area contributed by atoms with E-state index in [0.717, 1.165) is 51.0 Å². The van der Waals surface area contributed by atoms with Gasteiger partial charge >= 0.3 is 12.0 Å². The summed E-state index contributed by atoms with van der Waals surface area (Å²) in [6, 6.07) is 0.414. The molecule has 1 aliphatic carbocycles. The van der Waals surface area contributed by atoms with Gasteiger partial charge in [0.25, 0.3) is 0 Å². The molecule has 3 aliphatic rings. The van der Waals surface area contributed by atoms with Crippen LogP contribution in [0.4, 0.5) is 9.18 Å². The number of aromatic nitrogens is 2. The smallest absolute Gasteiger partial charge is 0.317 e. The van der Waals surface area contributed by atoms with E-state index in [2.05, 4.69) is 15.3 Å². The summed E-state index contributed by atoms with van der Waals surface area (Å²) in [5.74, 6) is -0.0468. The van der Waals surface area contributed by atoms with E-state index in [0.29, 0.717) is 32.3 Å². The first kappa shape index (κ1) is 17.5. The number of fused-ring (bicyclic) bond motifs is 1. The van der Waals surface area contributed by atoms with Crippen LogP contribution in [0.1, 0.15) is 32.1 Å². The van der Waals surface area contributed by atoms with Crippen molar-refractivity contribution in [2.75, 3.05) is 32.9 Å². The van der Waals surface area contributed by atoms with Crippen molar-refractivity contribution in [2.45, 2.75) is 38.1 Å². The van der Waals surface area contributed by atoms with Crippen molar-refractivity contribution in [3.05, 3.63) is 18.2 Å². The number of nitrogens with zero attached hydrogens (tertiary/aromatic N) is 3. The molecule has 3 fully saturated rings. The molecule has 0 spiro atoms. The standard InChI is InChI=1S/C18H25FN4O3/c19-14-8-20-16(21-9-14)26-12-18-5-1-2-13(18)10-23(11-18)17(24)22-15-3-6-25-7-4-15/h8-9,13,15H,1-7,10-12H2,(H,22,24). The average molecular weight is 364 g/mol. The van der Waals surface area contributed by atoms with Crippen LogP contribution in [0.3, 0.4) is 0 Å². The minimum Gasteiger partial charge on any atom is -0.463 e. The Labute approximate surface area is 152 Å². The molecule has 8 heteroatoms. The highest BCUT2D eigenvalue weighted by Crippen LogP contribution is 2.48. The molecule has 142 valence electrons. The van der Waals surface area contributed by atoms with Gasteiger partial charge in [-0.25, -0.2) is 19.2 Å². The van der Waals surface area contributed by atoms with Crippen LogP contribution >= 0.6 is 0 Å². The number of carbonyl (C=O) groups excluding carboxylic acids is 1. The Balaban J connectivity index is 1.36. The van der Waals surface area contributed by atoms with Crippen LogP contribution in [0.25, 0.3) is 0 Å². The maximum Gasteiger partial charge on any atom is 0.317 e. The summed E-state index contributed by atoms with van der Waals surface area (Å²) >= 11 is 0. The van der Waals surface area contributed by atoms with Crippen molar-refractivity contribution in [1.82, 2.24) is 20.2 Å². The molecule has 7 nitrogen and oxygen atoms in total. The van der Waals surface area contributed by atoms with Gasteiger partial charge in [-0.1, -0.05) is 6.42 Å². The van der Waals surface area contributed by atoms with Crippen LogP contribution in [0.5, 0.6) is 6.01 Å². The number of amides is 2. The van der Waals surface area contributed by atoms with Gasteiger partial charge in [0.05, 0.1) is 19.0 Å². The fraction of sp³-hybridized carbons (Fsp3) is 0.722. The zero-order valence-corrected chi connectivity index (χ0v) is 14.8. The molecular formula is C18H25FN4O3. The minimum atomic E-state index is -0.480. The topological polar surface area (TPSA) is 76.6 Å². The second kappa shape index (κ2) is 7.34. The van der Waals surface area contributed by atoms with Crippen LogP contribution in [0.15, 0.2) is 12.4 Å². The molecule has 1 aromatic rings. The number of rotatable bonds is 4. The van der Waals surface area contributed by atoms with E-state index >= 15 is 0 Å². The molecular weight excluding hydrogens is 339 g/mol. The van der Waals surface area contributed by atoms with Crippen LogP contribution in [0.2, 0.25) is 0 Å². The molecule has 4 rings (SSSR count). The largest absolute Gasteiger partial charge is 0.463 e. The van der Waals surface area contributed by atoms with Gasteiger partial charge in [-0.05, 0) is 31.6 Å². The lowest BCUT2D eigenvalue weighted by Gasteiger charge is -2.29. The maximum atomic E-state index is 12.9. The number of hydrogen-bond acceptors (Lipinski definition) is 5. The molecule has 2 saturated heterocycles. The predicted molar refractivity (Wildman–Crippen MR) is 91.2 cm³/mol. The Bertz CT molecular complexity index is 638. The van der Waals surface area contributed by atoms with E-state index in [9.17, 15) is 9.18 Å². The van der Waals surface area contributed by atoms with E-state index in [1.807, 2.05) is 4.90 Å². The highest BCUT2D eigenvalue weighted by Gasteiger charge is 2.51. The van der Waals surface area contributed by atoms with Gasteiger partial charge in [0.1, 0.15) is 0 Å². The van der Waals surface area contributed by atoms with Gasteiger partial charge < -0.3 is 19.7 Å². The number of ether oxygens (including phenoxy) is 2. The average Bonchev–Trinajstić information content (AvgIpc) is 3.19. The number of hydrogen-bond donors (Lipinski definition) is 1. The van der Waals surface area contributed by atoms with Crippen molar-refractivity contribution in [3.63, 3.8) is 0 Å². The van der Waals surface area contributed by atoms with Gasteiger partial charge in [-0.15, -0.1) is 0 Å². The molecule has 1 N–H and O–H groups in total. The third-order valence-corrected chi connectivity index (χ3v) is 5.96. The van der Waals surface area contributed by atoms with E-state index in [1.54, 1.807) is 0 Å². The summed E-state index contributed by atoms with van der Waals surface area (Å²) in [6.45, 7) is 3.34. The molecule has 0 bridgehead atoms. The number of likely N-dealkylation sites (tertiary alicyclic amines) is 1. The quantitative estimate of drug-likeness (QED) is 0.884. The molecule has 0 aromatic carbocycles. The normalized spacial score (nSPS) is 28.8. The molecule has 1 aromatic heterocycles. The first-order valence-electron chi connectivity index (χ1n) is 9.38. The summed E-state index contributed by atoms with van der Waals surface area (Å²) in [6.07, 6.45) is 7.24. The highest BCUT2D eigenvalue weighted by atomic mass is 19.1. The number of urea groups is 1. The first-order valence-corrected chi connectivity index (χ1v) is 9.38. The second-order valence-electron chi connectivity index (χ2n) is 7.64. The molecule has 26 heavy (non-hydrogen) atoms. The Morgan fingerprint density at radius 2 is 2.12 bits per heavy atom. The predicted octanol–water partition coefficient (Wildman–Crippen LogP) is 1.99. The molecule has 2 atom stereocenters. The molecule has 0 radical (unpaired) electrons. The van der Waals surface area contributed by atoms with E-state index in [-0.39, 0.29) is 23.5 Å². The van der Waals surface area contributed by atoms with Crippen molar-refractivity contribution >= 4 is 6.03 Å². The lowest BCUT2D eigenvalue weighted by atomic mass is 9.82. The Kier molecular flexibility index (Phi) is 4.93. The molecule has 3 heterocycles. The van der Waals surface area contributed by atoms with Gasteiger partial charge in [0.2, 0.25) is 0 Å². The Hall–Kier alpha value is -1.96. The third kappa shape index (κ3) is 3.60. The van der Waals surface area contributed by atoms with E-state index in [1.165, 1.54) is 0 Å². The summed E-state index contributed by atoms with van der Waals surface area (Å²) in [4.78, 5) is 22.3. The third-order valence-electron chi connectivity index (χ3n) is 5.96. The van der Waals surface area contributed by atoms with Crippen LogP contribution in [-0.2, 0) is 4.74 Å². The van der Waals surface area contributed by atoms with Crippen molar-refractivity contribution < 1.29 is 18.7 Å². The van der Waals surface area contributed by atoms with Gasteiger partial charge in [-0.3, -0.25) is 0 Å². The van der Waals surface area contributed by atoms with Gasteiger partial charge in [0, 0.05) is 37.8 Å². The molecule has 1 saturated carbocycles. The van der Waals surface area contributed by atoms with Gasteiger partial charge in [0.15, 0.2) is 5.82 Å². The Morgan fingerprint density at radius 1 is 1.35 bits per heavy atom. The van der Waals surface area contributed by atoms with Crippen LogP contribution in [-0.4, -0.2) is 59.9 Å². The van der Waals surface area contributed by atoms with E-state index < -0.39 is 5.82 Å². The zero-order valence-electron chi connectivity index (χ0n) is 14.8. The van der Waals surface area contributed by atoms with Gasteiger partial charge in [-0.2, -0.15) is 0 Å². The lowest BCUT2D eigenvalue weighted by Crippen LogP contribution is -2.46. The van der Waals surface area contributed by atoms with Crippen LogP contribution in [0, 0.1) is 17.2 Å². The molecule has 2 amide bonds. The number of nitrogens with one attached hydrogen (secondary N) is 1. The fourth-order valence-electron chi connectivity index (χ4n) is 4.50. The van der Waals surface area contributed by atoms with Crippen LogP contribution < -0.4 is 10.1 Å². The SMILES string of the molecule is O=C(NC1CCOCC1)N1CC2CCCC2(COc2ncc(F)cn2)C1. The summed E-state index contributed by atoms with van der Waals surface area (Å²) in [5.41, 5.74) is -0.0508. The molecule has 2 aliphatic heterocycles. The van der Waals surface area contributed by atoms with E-state index in [4.69, 9.17) is 9.47 Å². The fourth-order valence-corrected chi connectivity index (χ4v) is 4.50. The maximum absolute atomic E-state index is 12.9. The van der Waals surface area contributed by atoms with Crippen molar-refractivity contribution in [2.24, 2.45) is 11.3 Å². The summed E-state index contributed by atoms with van der Waals surface area (Å²) in [5, 5.41) is 3.15. The summed E-state index contributed by atoms with van der Waals surface area (Å²) < 4.78 is 24.0. The first-order chi connectivity index (χ1) is 12.6. The van der Waals surface area contributed by atoms with Crippen molar-refractivity contribution in [3.8, 4) is 6.01 Å². The molecule has 2 unspecified atom stereocenters. The minimum absolute atomic E-state index is 0.0173.